The number of fused-ring (bicyclic) bond motifs is 4. The summed E-state index contributed by atoms with van der Waals surface area (Å²) in [5.74, 6) is 2.04. The molecule has 7 nitrogen and oxygen atoms in total. The number of rotatable bonds is 4. The molecule has 180 valence electrons. The summed E-state index contributed by atoms with van der Waals surface area (Å²) in [6.07, 6.45) is 3.63. The van der Waals surface area contributed by atoms with Crippen LogP contribution in [0.5, 0.6) is 0 Å². The number of allylic oxidation sites excluding steroid dienone is 1. The molecule has 2 N–H and O–H groups in total. The minimum absolute atomic E-state index is 0.190. The molecule has 2 aliphatic carbocycles. The van der Waals surface area contributed by atoms with E-state index >= 15 is 0 Å². The molecule has 2 fully saturated rings. The summed E-state index contributed by atoms with van der Waals surface area (Å²) in [5, 5.41) is 14.5. The van der Waals surface area contributed by atoms with Gasteiger partial charge < -0.3 is 20.6 Å². The number of halogens is 1. The van der Waals surface area contributed by atoms with Crippen molar-refractivity contribution in [2.75, 3.05) is 24.6 Å². The Bertz CT molecular complexity index is 1400. The highest BCUT2D eigenvalue weighted by molar-refractivity contribution is 7.99. The average Bonchev–Trinajstić information content (AvgIpc) is 3.19. The van der Waals surface area contributed by atoms with Crippen LogP contribution in [-0.4, -0.2) is 35.7 Å². The van der Waals surface area contributed by atoms with E-state index in [1.54, 1.807) is 0 Å². The van der Waals surface area contributed by atoms with E-state index in [2.05, 4.69) is 24.0 Å². The van der Waals surface area contributed by atoms with Gasteiger partial charge in [0.1, 0.15) is 5.82 Å². The molecule has 7 rings (SSSR count). The number of nitrogens with zero attached hydrogens (tertiary/aromatic N) is 4. The van der Waals surface area contributed by atoms with Crippen LogP contribution in [0.3, 0.4) is 0 Å². The fourth-order valence-corrected chi connectivity index (χ4v) is 7.05. The van der Waals surface area contributed by atoms with Crippen molar-refractivity contribution >= 4 is 46.2 Å². The third kappa shape index (κ3) is 3.45. The predicted octanol–water partition coefficient (Wildman–Crippen LogP) is 3.97. The largest absolute Gasteiger partial charge is 0.618 e. The first-order valence-electron chi connectivity index (χ1n) is 12.2. The van der Waals surface area contributed by atoms with Crippen LogP contribution in [-0.2, 0) is 17.8 Å². The molecule has 0 radical (unpaired) electrons. The number of hydrogen-bond donors (Lipinski definition) is 1. The molecule has 0 spiro atoms. The molecule has 3 aromatic rings. The van der Waals surface area contributed by atoms with Gasteiger partial charge in [-0.3, -0.25) is 0 Å². The van der Waals surface area contributed by atoms with Crippen molar-refractivity contribution in [2.45, 2.75) is 47.8 Å². The maximum absolute atomic E-state index is 13.1. The molecular formula is C26H26ClN5O2S. The van der Waals surface area contributed by atoms with Gasteiger partial charge in [-0.15, -0.1) is 11.6 Å². The molecule has 35 heavy (non-hydrogen) atoms. The maximum Gasteiger partial charge on any atom is 0.225 e. The lowest BCUT2D eigenvalue weighted by atomic mass is 10.1. The number of benzene rings is 1. The summed E-state index contributed by atoms with van der Waals surface area (Å²) >= 11 is 8.36. The van der Waals surface area contributed by atoms with Gasteiger partial charge in [0.25, 0.3) is 0 Å². The summed E-state index contributed by atoms with van der Waals surface area (Å²) in [5.41, 5.74) is 11.7. The van der Waals surface area contributed by atoms with Gasteiger partial charge >= 0.3 is 0 Å². The molecule has 1 saturated heterocycles. The molecular weight excluding hydrogens is 482 g/mol. The number of piperidine rings is 1. The zero-order chi connectivity index (χ0) is 23.8. The monoisotopic (exact) mass is 507 g/mol. The molecule has 3 atom stereocenters. The standard InChI is InChI=1S/C26H26ClN5O2S/c1-2-13-8-19-22(23(13)27)25(31-10-17-18(11-31)24(17)28)30-26(29-19)35-16-4-3-14-7-15-12-34-6-5-20(15)32(33)21(14)9-16/h3-4,7-9,17-18,23-24H,2,5-6,10-12,28H2,1H3. The first kappa shape index (κ1) is 21.9. The van der Waals surface area contributed by atoms with Crippen LogP contribution in [0.15, 0.2) is 39.9 Å². The van der Waals surface area contributed by atoms with Crippen molar-refractivity contribution in [1.29, 1.82) is 0 Å². The Hall–Kier alpha value is -2.39. The quantitative estimate of drug-likeness (QED) is 0.247. The van der Waals surface area contributed by atoms with Crippen molar-refractivity contribution in [3.63, 3.8) is 0 Å². The van der Waals surface area contributed by atoms with Crippen molar-refractivity contribution in [2.24, 2.45) is 17.6 Å². The summed E-state index contributed by atoms with van der Waals surface area (Å²) in [6, 6.07) is 8.36. The SMILES string of the molecule is CCC1=Cc2nc(Sc3ccc4cc5c([n+]([O-])c4c3)CCOC5)nc(N3CC4C(N)C4C3)c2C1Cl. The second-order valence-electron chi connectivity index (χ2n) is 9.91. The second-order valence-corrected chi connectivity index (χ2v) is 11.4. The normalized spacial score (nSPS) is 26.5. The minimum atomic E-state index is -0.190. The van der Waals surface area contributed by atoms with E-state index in [0.29, 0.717) is 48.2 Å². The predicted molar refractivity (Wildman–Crippen MR) is 136 cm³/mol. The van der Waals surface area contributed by atoms with Crippen molar-refractivity contribution in [3.8, 4) is 0 Å². The fraction of sp³-hybridized carbons (Fsp3) is 0.423. The van der Waals surface area contributed by atoms with E-state index in [9.17, 15) is 5.21 Å². The number of hydrogen-bond acceptors (Lipinski definition) is 7. The first-order valence-corrected chi connectivity index (χ1v) is 13.5. The highest BCUT2D eigenvalue weighted by Gasteiger charge is 2.54. The molecule has 3 unspecified atom stereocenters. The van der Waals surface area contributed by atoms with Crippen LogP contribution in [0.2, 0.25) is 0 Å². The Morgan fingerprint density at radius 1 is 1.26 bits per heavy atom. The van der Waals surface area contributed by atoms with Crippen molar-refractivity contribution < 1.29 is 9.47 Å². The number of anilines is 1. The van der Waals surface area contributed by atoms with E-state index in [-0.39, 0.29) is 5.38 Å². The first-order chi connectivity index (χ1) is 17.0. The van der Waals surface area contributed by atoms with Gasteiger partial charge in [-0.25, -0.2) is 9.97 Å². The summed E-state index contributed by atoms with van der Waals surface area (Å²) < 4.78 is 6.60. The third-order valence-electron chi connectivity index (χ3n) is 7.92. The highest BCUT2D eigenvalue weighted by atomic mass is 35.5. The Kier molecular flexibility index (Phi) is 5.03. The van der Waals surface area contributed by atoms with Crippen LogP contribution in [0.4, 0.5) is 5.82 Å². The summed E-state index contributed by atoms with van der Waals surface area (Å²) in [6.45, 7) is 5.04. The van der Waals surface area contributed by atoms with E-state index in [0.717, 1.165) is 62.9 Å². The second kappa shape index (κ2) is 8.06. The van der Waals surface area contributed by atoms with Crippen molar-refractivity contribution in [1.82, 2.24) is 9.97 Å². The molecule has 2 aromatic heterocycles. The van der Waals surface area contributed by atoms with Crippen LogP contribution in [0.25, 0.3) is 17.0 Å². The van der Waals surface area contributed by atoms with Crippen LogP contribution < -0.4 is 15.4 Å². The van der Waals surface area contributed by atoms with E-state index in [4.69, 9.17) is 32.0 Å². The number of nitrogens with two attached hydrogens (primary N) is 1. The van der Waals surface area contributed by atoms with Gasteiger partial charge in [0.15, 0.2) is 5.16 Å². The Morgan fingerprint density at radius 3 is 2.89 bits per heavy atom. The van der Waals surface area contributed by atoms with Crippen molar-refractivity contribution in [3.05, 3.63) is 57.6 Å². The highest BCUT2D eigenvalue weighted by Crippen LogP contribution is 2.50. The van der Waals surface area contributed by atoms with Gasteiger partial charge in [0, 0.05) is 46.6 Å². The fourth-order valence-electron chi connectivity index (χ4n) is 5.83. The smallest absolute Gasteiger partial charge is 0.225 e. The molecule has 9 heteroatoms. The molecule has 4 aliphatic rings. The maximum atomic E-state index is 13.1. The summed E-state index contributed by atoms with van der Waals surface area (Å²) in [4.78, 5) is 13.2. The zero-order valence-electron chi connectivity index (χ0n) is 19.4. The molecule has 1 saturated carbocycles. The van der Waals surface area contributed by atoms with Crippen LogP contribution in [0.1, 0.15) is 41.2 Å². The van der Waals surface area contributed by atoms with E-state index in [1.807, 2.05) is 18.2 Å². The lowest BCUT2D eigenvalue weighted by molar-refractivity contribution is -0.587. The lowest BCUT2D eigenvalue weighted by Gasteiger charge is -2.24. The third-order valence-corrected chi connectivity index (χ3v) is 9.27. The van der Waals surface area contributed by atoms with Gasteiger partial charge in [-0.2, -0.15) is 4.73 Å². The van der Waals surface area contributed by atoms with Gasteiger partial charge in [-0.1, -0.05) is 6.92 Å². The minimum Gasteiger partial charge on any atom is -0.618 e. The molecule has 0 bridgehead atoms. The summed E-state index contributed by atoms with van der Waals surface area (Å²) in [7, 11) is 0. The Balaban J connectivity index is 1.26. The topological polar surface area (TPSA) is 91.2 Å². The molecule has 2 aliphatic heterocycles. The van der Waals surface area contributed by atoms with Gasteiger partial charge in [-0.05, 0) is 59.9 Å². The van der Waals surface area contributed by atoms with Crippen LogP contribution >= 0.6 is 23.4 Å². The molecule has 0 amide bonds. The van der Waals surface area contributed by atoms with E-state index < -0.39 is 0 Å². The lowest BCUT2D eigenvalue weighted by Crippen LogP contribution is -2.36. The Labute approximate surface area is 212 Å². The Morgan fingerprint density at radius 2 is 2.09 bits per heavy atom. The zero-order valence-corrected chi connectivity index (χ0v) is 21.0. The number of pyridine rings is 1. The van der Waals surface area contributed by atoms with Gasteiger partial charge in [0.2, 0.25) is 11.2 Å². The molecule has 1 aromatic carbocycles. The van der Waals surface area contributed by atoms with E-state index in [1.165, 1.54) is 17.3 Å². The number of aromatic nitrogens is 3. The molecule has 4 heterocycles. The average molecular weight is 508 g/mol. The number of ether oxygens (including phenoxy) is 1. The van der Waals surface area contributed by atoms with Gasteiger partial charge in [0.05, 0.1) is 30.7 Å². The van der Waals surface area contributed by atoms with Crippen LogP contribution in [0, 0.1) is 17.0 Å². The number of alkyl halides is 1.